The van der Waals surface area contributed by atoms with Crippen LogP contribution in [0.3, 0.4) is 0 Å². The minimum absolute atomic E-state index is 0.0282. The molecule has 19 heavy (non-hydrogen) atoms. The number of amides is 1. The third-order valence-electron chi connectivity index (χ3n) is 2.94. The minimum Gasteiger partial charge on any atom is -0.353 e. The molecule has 1 N–H and O–H groups in total. The van der Waals surface area contributed by atoms with Crippen LogP contribution in [0, 0.1) is 0 Å². The first-order chi connectivity index (χ1) is 8.91. The quantitative estimate of drug-likeness (QED) is 0.794. The Bertz CT molecular complexity index is 429. The molecule has 0 aliphatic carbocycles. The molecule has 0 radical (unpaired) electrons. The van der Waals surface area contributed by atoms with E-state index in [2.05, 4.69) is 5.32 Å². The van der Waals surface area contributed by atoms with Crippen molar-refractivity contribution in [1.82, 2.24) is 10.2 Å². The Labute approximate surface area is 114 Å². The topological polar surface area (TPSA) is 49.4 Å². The van der Waals surface area contributed by atoms with Gasteiger partial charge in [-0.25, -0.2) is 0 Å². The highest BCUT2D eigenvalue weighted by atomic mass is 16.2. The molecule has 1 amide bonds. The summed E-state index contributed by atoms with van der Waals surface area (Å²) < 4.78 is 0. The number of ketones is 1. The molecule has 0 saturated carbocycles. The fourth-order valence-corrected chi connectivity index (χ4v) is 1.77. The van der Waals surface area contributed by atoms with Crippen LogP contribution in [0.15, 0.2) is 30.3 Å². The van der Waals surface area contributed by atoms with Gasteiger partial charge in [0.2, 0.25) is 5.91 Å². The lowest BCUT2D eigenvalue weighted by atomic mass is 10.0. The minimum atomic E-state index is -0.319. The Balaban J connectivity index is 2.60. The normalized spacial score (nSPS) is 12.5. The zero-order chi connectivity index (χ0) is 14.4. The number of rotatable bonds is 6. The first kappa shape index (κ1) is 15.4. The fourth-order valence-electron chi connectivity index (χ4n) is 1.77. The maximum absolute atomic E-state index is 12.2. The van der Waals surface area contributed by atoms with Crippen molar-refractivity contribution in [2.24, 2.45) is 0 Å². The van der Waals surface area contributed by atoms with Gasteiger partial charge in [-0.3, -0.25) is 14.5 Å². The SMILES string of the molecule is CC(C)NC(=O)CN(C)C(C)C(=O)c1ccccc1. The number of nitrogens with zero attached hydrogens (tertiary/aromatic N) is 1. The van der Waals surface area contributed by atoms with Gasteiger partial charge in [0.05, 0.1) is 12.6 Å². The van der Waals surface area contributed by atoms with Crippen LogP contribution in [-0.4, -0.2) is 42.3 Å². The van der Waals surface area contributed by atoms with E-state index in [9.17, 15) is 9.59 Å². The van der Waals surface area contributed by atoms with Gasteiger partial charge in [0.25, 0.3) is 0 Å². The van der Waals surface area contributed by atoms with E-state index >= 15 is 0 Å². The Hall–Kier alpha value is -1.68. The lowest BCUT2D eigenvalue weighted by Crippen LogP contribution is -2.44. The Morgan fingerprint density at radius 3 is 2.26 bits per heavy atom. The van der Waals surface area contributed by atoms with Gasteiger partial charge in [-0.15, -0.1) is 0 Å². The number of nitrogens with one attached hydrogen (secondary N) is 1. The lowest BCUT2D eigenvalue weighted by molar-refractivity contribution is -0.122. The van der Waals surface area contributed by atoms with E-state index in [0.717, 1.165) is 0 Å². The molecule has 0 fully saturated rings. The Kier molecular flexibility index (Phi) is 5.70. The van der Waals surface area contributed by atoms with E-state index in [1.165, 1.54) is 0 Å². The number of Topliss-reactive ketones (excluding diaryl/α,β-unsaturated/α-hetero) is 1. The number of hydrogen-bond donors (Lipinski definition) is 1. The van der Waals surface area contributed by atoms with Crippen molar-refractivity contribution in [1.29, 1.82) is 0 Å². The molecule has 0 aromatic heterocycles. The standard InChI is InChI=1S/C15H22N2O2/c1-11(2)16-14(18)10-17(4)12(3)15(19)13-8-6-5-7-9-13/h5-9,11-12H,10H2,1-4H3,(H,16,18). The van der Waals surface area contributed by atoms with Gasteiger partial charge in [0.1, 0.15) is 0 Å². The van der Waals surface area contributed by atoms with E-state index in [-0.39, 0.29) is 30.3 Å². The van der Waals surface area contributed by atoms with Crippen LogP contribution in [0.5, 0.6) is 0 Å². The average molecular weight is 262 g/mol. The molecule has 4 nitrogen and oxygen atoms in total. The van der Waals surface area contributed by atoms with Gasteiger partial charge >= 0.3 is 0 Å². The number of carbonyl (C=O) groups excluding carboxylic acids is 2. The number of carbonyl (C=O) groups is 2. The van der Waals surface area contributed by atoms with Crippen molar-refractivity contribution >= 4 is 11.7 Å². The average Bonchev–Trinajstić information content (AvgIpc) is 2.36. The summed E-state index contributed by atoms with van der Waals surface area (Å²) in [6, 6.07) is 8.93. The third-order valence-corrected chi connectivity index (χ3v) is 2.94. The molecule has 104 valence electrons. The van der Waals surface area contributed by atoms with Gasteiger partial charge in [0.15, 0.2) is 5.78 Å². The molecule has 1 unspecified atom stereocenters. The van der Waals surface area contributed by atoms with Crippen LogP contribution in [-0.2, 0) is 4.79 Å². The molecule has 0 aliphatic heterocycles. The summed E-state index contributed by atoms with van der Waals surface area (Å²) in [7, 11) is 1.78. The molecule has 0 saturated heterocycles. The summed E-state index contributed by atoms with van der Waals surface area (Å²) in [5.41, 5.74) is 0.672. The van der Waals surface area contributed by atoms with E-state index < -0.39 is 0 Å². The van der Waals surface area contributed by atoms with Gasteiger partial charge in [-0.05, 0) is 27.8 Å². The number of hydrogen-bond acceptors (Lipinski definition) is 3. The van der Waals surface area contributed by atoms with E-state index in [4.69, 9.17) is 0 Å². The Morgan fingerprint density at radius 1 is 1.16 bits per heavy atom. The molecule has 0 spiro atoms. The summed E-state index contributed by atoms with van der Waals surface area (Å²) in [5, 5.41) is 2.82. The van der Waals surface area contributed by atoms with Crippen molar-refractivity contribution in [3.63, 3.8) is 0 Å². The molecule has 1 rings (SSSR count). The molecular weight excluding hydrogens is 240 g/mol. The van der Waals surface area contributed by atoms with Crippen LogP contribution in [0.25, 0.3) is 0 Å². The van der Waals surface area contributed by atoms with Crippen molar-refractivity contribution < 1.29 is 9.59 Å². The summed E-state index contributed by atoms with van der Waals surface area (Å²) in [6.45, 7) is 5.86. The second kappa shape index (κ2) is 7.04. The van der Waals surface area contributed by atoms with Gasteiger partial charge < -0.3 is 5.32 Å². The molecule has 1 aromatic rings. The molecule has 1 atom stereocenters. The first-order valence-electron chi connectivity index (χ1n) is 6.50. The van der Waals surface area contributed by atoms with E-state index in [1.807, 2.05) is 39.0 Å². The van der Waals surface area contributed by atoms with Crippen LogP contribution in [0.4, 0.5) is 0 Å². The van der Waals surface area contributed by atoms with Gasteiger partial charge in [-0.1, -0.05) is 30.3 Å². The van der Waals surface area contributed by atoms with Crippen molar-refractivity contribution in [3.8, 4) is 0 Å². The first-order valence-corrected chi connectivity index (χ1v) is 6.50. The zero-order valence-corrected chi connectivity index (χ0v) is 12.0. The second-order valence-corrected chi connectivity index (χ2v) is 5.04. The predicted molar refractivity (Wildman–Crippen MR) is 76.1 cm³/mol. The van der Waals surface area contributed by atoms with Crippen LogP contribution in [0.1, 0.15) is 31.1 Å². The second-order valence-electron chi connectivity index (χ2n) is 5.04. The van der Waals surface area contributed by atoms with Crippen molar-refractivity contribution in [2.45, 2.75) is 32.9 Å². The number of benzene rings is 1. The van der Waals surface area contributed by atoms with Crippen LogP contribution < -0.4 is 5.32 Å². The summed E-state index contributed by atoms with van der Waals surface area (Å²) in [5.74, 6) is -0.0364. The number of likely N-dealkylation sites (N-methyl/N-ethyl adjacent to an activating group) is 1. The predicted octanol–water partition coefficient (Wildman–Crippen LogP) is 1.71. The maximum atomic E-state index is 12.2. The largest absolute Gasteiger partial charge is 0.353 e. The Morgan fingerprint density at radius 2 is 1.74 bits per heavy atom. The summed E-state index contributed by atoms with van der Waals surface area (Å²) in [6.07, 6.45) is 0. The fraction of sp³-hybridized carbons (Fsp3) is 0.467. The van der Waals surface area contributed by atoms with Gasteiger partial charge in [-0.2, -0.15) is 0 Å². The highest BCUT2D eigenvalue weighted by molar-refractivity contribution is 6.00. The molecule has 0 heterocycles. The van der Waals surface area contributed by atoms with Crippen molar-refractivity contribution in [2.75, 3.05) is 13.6 Å². The van der Waals surface area contributed by atoms with E-state index in [0.29, 0.717) is 5.56 Å². The molecule has 1 aromatic carbocycles. The highest BCUT2D eigenvalue weighted by Crippen LogP contribution is 2.07. The molecule has 0 aliphatic rings. The smallest absolute Gasteiger partial charge is 0.234 e. The summed E-state index contributed by atoms with van der Waals surface area (Å²) >= 11 is 0. The molecular formula is C15H22N2O2. The summed E-state index contributed by atoms with van der Waals surface area (Å²) in [4.78, 5) is 25.6. The highest BCUT2D eigenvalue weighted by Gasteiger charge is 2.21. The van der Waals surface area contributed by atoms with Crippen molar-refractivity contribution in [3.05, 3.63) is 35.9 Å². The zero-order valence-electron chi connectivity index (χ0n) is 12.0. The maximum Gasteiger partial charge on any atom is 0.234 e. The molecule has 0 bridgehead atoms. The van der Waals surface area contributed by atoms with Crippen LogP contribution >= 0.6 is 0 Å². The lowest BCUT2D eigenvalue weighted by Gasteiger charge is -2.23. The van der Waals surface area contributed by atoms with Gasteiger partial charge in [0, 0.05) is 11.6 Å². The monoisotopic (exact) mass is 262 g/mol. The molecule has 4 heteroatoms. The third kappa shape index (κ3) is 4.83. The van der Waals surface area contributed by atoms with E-state index in [1.54, 1.807) is 24.1 Å². The van der Waals surface area contributed by atoms with Crippen LogP contribution in [0.2, 0.25) is 0 Å².